The van der Waals surface area contributed by atoms with E-state index in [-0.39, 0.29) is 25.6 Å². The Kier molecular flexibility index (Phi) is 7.22. The van der Waals surface area contributed by atoms with Gasteiger partial charge in [-0.2, -0.15) is 4.31 Å². The zero-order valence-corrected chi connectivity index (χ0v) is 19.0. The number of hydrogen-bond donors (Lipinski definition) is 0. The van der Waals surface area contributed by atoms with Crippen molar-refractivity contribution in [3.8, 4) is 16.9 Å². The highest BCUT2D eigenvalue weighted by atomic mass is 32.2. The summed E-state index contributed by atoms with van der Waals surface area (Å²) in [6.45, 7) is 1.09. The van der Waals surface area contributed by atoms with Crippen LogP contribution < -0.4 is 4.74 Å². The predicted molar refractivity (Wildman–Crippen MR) is 130 cm³/mol. The lowest BCUT2D eigenvalue weighted by Crippen LogP contribution is -2.51. The van der Waals surface area contributed by atoms with Crippen LogP contribution in [0.15, 0.2) is 90.3 Å². The van der Waals surface area contributed by atoms with Gasteiger partial charge in [-0.1, -0.05) is 78.9 Å². The first-order valence-corrected chi connectivity index (χ1v) is 12.3. The van der Waals surface area contributed by atoms with E-state index in [9.17, 15) is 13.2 Å². The smallest absolute Gasteiger partial charge is 0.260 e. The highest BCUT2D eigenvalue weighted by Gasteiger charge is 2.27. The molecule has 3 aromatic carbocycles. The van der Waals surface area contributed by atoms with E-state index in [1.54, 1.807) is 11.0 Å². The number of piperazine rings is 1. The number of benzene rings is 3. The normalized spacial score (nSPS) is 15.0. The number of ether oxygens (including phenoxy) is 1. The molecule has 1 amide bonds. The minimum absolute atomic E-state index is 0.0928. The Morgan fingerprint density at radius 2 is 1.42 bits per heavy atom. The number of nitrogens with zero attached hydrogens (tertiary/aromatic N) is 2. The van der Waals surface area contributed by atoms with Crippen molar-refractivity contribution in [2.45, 2.75) is 0 Å². The molecule has 0 spiro atoms. The molecule has 0 aromatic heterocycles. The maximum atomic E-state index is 12.7. The van der Waals surface area contributed by atoms with Crippen LogP contribution in [0.3, 0.4) is 0 Å². The van der Waals surface area contributed by atoms with E-state index in [2.05, 4.69) is 0 Å². The second-order valence-corrected chi connectivity index (χ2v) is 9.51. The second-order valence-electron chi connectivity index (χ2n) is 7.69. The summed E-state index contributed by atoms with van der Waals surface area (Å²) in [6.07, 6.45) is 1.59. The fourth-order valence-corrected chi connectivity index (χ4v) is 4.86. The van der Waals surface area contributed by atoms with Gasteiger partial charge in [-0.3, -0.25) is 4.79 Å². The molecular weight excluding hydrogens is 436 g/mol. The largest absolute Gasteiger partial charge is 0.483 e. The number of hydrogen-bond acceptors (Lipinski definition) is 4. The molecule has 0 aliphatic carbocycles. The highest BCUT2D eigenvalue weighted by molar-refractivity contribution is 7.92. The van der Waals surface area contributed by atoms with E-state index in [0.29, 0.717) is 18.8 Å². The highest BCUT2D eigenvalue weighted by Crippen LogP contribution is 2.29. The second kappa shape index (κ2) is 10.5. The molecule has 7 heteroatoms. The SMILES string of the molecule is O=C(COc1ccccc1-c1ccccc1)N1CCN(S(=O)(=O)/C=C/c2ccccc2)CC1. The molecule has 3 aromatic rings. The third-order valence-corrected chi connectivity index (χ3v) is 7.07. The van der Waals surface area contributed by atoms with Gasteiger partial charge >= 0.3 is 0 Å². The minimum Gasteiger partial charge on any atom is -0.483 e. The molecule has 1 heterocycles. The number of amides is 1. The zero-order chi connectivity index (χ0) is 23.1. The van der Waals surface area contributed by atoms with E-state index >= 15 is 0 Å². The van der Waals surface area contributed by atoms with Gasteiger partial charge in [0.25, 0.3) is 5.91 Å². The Labute approximate surface area is 194 Å². The summed E-state index contributed by atoms with van der Waals surface area (Å²) in [6, 6.07) is 26.8. The molecule has 0 bridgehead atoms. The van der Waals surface area contributed by atoms with Crippen LogP contribution in [0.1, 0.15) is 5.56 Å². The van der Waals surface area contributed by atoms with E-state index in [4.69, 9.17) is 4.74 Å². The Morgan fingerprint density at radius 1 is 0.818 bits per heavy atom. The first-order valence-electron chi connectivity index (χ1n) is 10.8. The Bertz CT molecular complexity index is 1200. The fraction of sp³-hybridized carbons (Fsp3) is 0.192. The van der Waals surface area contributed by atoms with Crippen molar-refractivity contribution in [1.29, 1.82) is 0 Å². The van der Waals surface area contributed by atoms with Crippen molar-refractivity contribution in [3.63, 3.8) is 0 Å². The van der Waals surface area contributed by atoms with Gasteiger partial charge in [0.1, 0.15) is 5.75 Å². The quantitative estimate of drug-likeness (QED) is 0.535. The molecule has 0 radical (unpaired) electrons. The van der Waals surface area contributed by atoms with Crippen LogP contribution in [0.2, 0.25) is 0 Å². The van der Waals surface area contributed by atoms with Crippen molar-refractivity contribution in [3.05, 3.63) is 95.9 Å². The van der Waals surface area contributed by atoms with Gasteiger partial charge in [0.15, 0.2) is 6.61 Å². The molecule has 6 nitrogen and oxygen atoms in total. The molecule has 1 fully saturated rings. The third-order valence-electron chi connectivity index (χ3n) is 5.51. The average molecular weight is 463 g/mol. The first-order chi connectivity index (χ1) is 16.0. The van der Waals surface area contributed by atoms with Crippen LogP contribution in [0.25, 0.3) is 17.2 Å². The number of rotatable bonds is 7. The number of sulfonamides is 1. The summed E-state index contributed by atoms with van der Waals surface area (Å²) in [4.78, 5) is 14.4. The standard InChI is InChI=1S/C26H26N2O4S/c29-26(21-32-25-14-8-7-13-24(25)23-11-5-2-6-12-23)27-16-18-28(19-17-27)33(30,31)20-15-22-9-3-1-4-10-22/h1-15,20H,16-19,21H2/b20-15+. The van der Waals surface area contributed by atoms with Crippen LogP contribution in [0, 0.1) is 0 Å². The summed E-state index contributed by atoms with van der Waals surface area (Å²) in [5.74, 6) is 0.485. The van der Waals surface area contributed by atoms with E-state index in [1.807, 2.05) is 84.9 Å². The molecule has 1 aliphatic rings. The van der Waals surface area contributed by atoms with Gasteiger partial charge in [-0.05, 0) is 23.3 Å². The van der Waals surface area contributed by atoms with Gasteiger partial charge in [-0.25, -0.2) is 8.42 Å². The summed E-state index contributed by atoms with van der Waals surface area (Å²) in [7, 11) is -3.54. The fourth-order valence-electron chi connectivity index (χ4n) is 3.69. The van der Waals surface area contributed by atoms with Crippen molar-refractivity contribution < 1.29 is 17.9 Å². The molecule has 0 saturated carbocycles. The van der Waals surface area contributed by atoms with E-state index in [0.717, 1.165) is 16.7 Å². The third kappa shape index (κ3) is 5.88. The molecule has 4 rings (SSSR count). The van der Waals surface area contributed by atoms with Crippen molar-refractivity contribution in [2.75, 3.05) is 32.8 Å². The Morgan fingerprint density at radius 3 is 2.12 bits per heavy atom. The lowest BCUT2D eigenvalue weighted by molar-refractivity contribution is -0.134. The first kappa shape index (κ1) is 22.8. The summed E-state index contributed by atoms with van der Waals surface area (Å²) < 4.78 is 32.5. The Balaban J connectivity index is 1.32. The summed E-state index contributed by atoms with van der Waals surface area (Å²) >= 11 is 0. The van der Waals surface area contributed by atoms with Crippen LogP contribution in [0.5, 0.6) is 5.75 Å². The van der Waals surface area contributed by atoms with Gasteiger partial charge in [0.05, 0.1) is 0 Å². The van der Waals surface area contributed by atoms with Gasteiger partial charge < -0.3 is 9.64 Å². The molecule has 0 N–H and O–H groups in total. The predicted octanol–water partition coefficient (Wildman–Crippen LogP) is 3.88. The molecule has 170 valence electrons. The summed E-state index contributed by atoms with van der Waals surface area (Å²) in [5, 5.41) is 1.23. The molecular formula is C26H26N2O4S. The summed E-state index contributed by atoms with van der Waals surface area (Å²) in [5.41, 5.74) is 2.76. The molecule has 0 unspecified atom stereocenters. The average Bonchev–Trinajstić information content (AvgIpc) is 2.87. The molecule has 1 saturated heterocycles. The van der Waals surface area contributed by atoms with Crippen molar-refractivity contribution in [2.24, 2.45) is 0 Å². The van der Waals surface area contributed by atoms with Crippen LogP contribution in [-0.2, 0) is 14.8 Å². The van der Waals surface area contributed by atoms with Crippen LogP contribution in [-0.4, -0.2) is 56.3 Å². The van der Waals surface area contributed by atoms with Crippen molar-refractivity contribution in [1.82, 2.24) is 9.21 Å². The topological polar surface area (TPSA) is 66.9 Å². The van der Waals surface area contributed by atoms with Crippen LogP contribution in [0.4, 0.5) is 0 Å². The zero-order valence-electron chi connectivity index (χ0n) is 18.2. The Hall–Kier alpha value is -3.42. The monoisotopic (exact) mass is 462 g/mol. The molecule has 0 atom stereocenters. The van der Waals surface area contributed by atoms with E-state index in [1.165, 1.54) is 9.71 Å². The molecule has 1 aliphatic heterocycles. The maximum Gasteiger partial charge on any atom is 0.260 e. The number of carbonyl (C=O) groups excluding carboxylic acids is 1. The minimum atomic E-state index is -3.54. The van der Waals surface area contributed by atoms with Gasteiger partial charge in [0.2, 0.25) is 10.0 Å². The van der Waals surface area contributed by atoms with Crippen molar-refractivity contribution >= 4 is 22.0 Å². The molecule has 33 heavy (non-hydrogen) atoms. The number of carbonyl (C=O) groups is 1. The lowest BCUT2D eigenvalue weighted by Gasteiger charge is -2.33. The lowest BCUT2D eigenvalue weighted by atomic mass is 10.1. The number of para-hydroxylation sites is 1. The maximum absolute atomic E-state index is 12.7. The van der Waals surface area contributed by atoms with Crippen LogP contribution >= 0.6 is 0 Å². The van der Waals surface area contributed by atoms with Gasteiger partial charge in [-0.15, -0.1) is 0 Å². The van der Waals surface area contributed by atoms with E-state index < -0.39 is 10.0 Å². The van der Waals surface area contributed by atoms with Gasteiger partial charge in [0, 0.05) is 37.2 Å².